The van der Waals surface area contributed by atoms with Crippen molar-refractivity contribution in [1.29, 1.82) is 0 Å². The van der Waals surface area contributed by atoms with E-state index in [-0.39, 0.29) is 17.7 Å². The van der Waals surface area contributed by atoms with Gasteiger partial charge >= 0.3 is 11.8 Å². The van der Waals surface area contributed by atoms with E-state index in [9.17, 15) is 14.4 Å². The largest absolute Gasteiger partial charge is 0.443 e. The second-order valence-corrected chi connectivity index (χ2v) is 11.9. The predicted octanol–water partition coefficient (Wildman–Crippen LogP) is 5.68. The standard InChI is InChI=1S/C32H30ClN7O4/c1-32(2,3)44-31(43)40-21(16-22-23(33)12-9-13-24(22)40)18-39-28(41)26-27(38(5)30(39)42)36-29(37(26)4)35-25-15-14-20(17-34-25)19-10-7-6-8-11-19/h6-17H,18H2,1-5H3,(H,34,35,36). The van der Waals surface area contributed by atoms with E-state index in [0.717, 1.165) is 15.7 Å². The van der Waals surface area contributed by atoms with Crippen LogP contribution in [0, 0.1) is 0 Å². The van der Waals surface area contributed by atoms with Crippen LogP contribution in [-0.2, 0) is 25.4 Å². The second-order valence-electron chi connectivity index (χ2n) is 11.4. The number of aromatic nitrogens is 6. The van der Waals surface area contributed by atoms with Gasteiger partial charge in [0.25, 0.3) is 5.56 Å². The van der Waals surface area contributed by atoms with Gasteiger partial charge in [-0.05, 0) is 56.7 Å². The Morgan fingerprint density at radius 3 is 2.39 bits per heavy atom. The lowest BCUT2D eigenvalue weighted by Crippen LogP contribution is -2.40. The molecule has 6 rings (SSSR count). The van der Waals surface area contributed by atoms with Crippen molar-refractivity contribution in [3.05, 3.63) is 104 Å². The van der Waals surface area contributed by atoms with Gasteiger partial charge in [-0.25, -0.2) is 19.1 Å². The van der Waals surface area contributed by atoms with Crippen LogP contribution in [0.3, 0.4) is 0 Å². The third kappa shape index (κ3) is 5.15. The number of aryl methyl sites for hydroxylation is 2. The lowest BCUT2D eigenvalue weighted by molar-refractivity contribution is 0.0540. The van der Waals surface area contributed by atoms with Crippen LogP contribution in [0.15, 0.2) is 82.5 Å². The molecule has 0 unspecified atom stereocenters. The Morgan fingerprint density at radius 1 is 0.955 bits per heavy atom. The molecular weight excluding hydrogens is 582 g/mol. The second kappa shape index (κ2) is 10.8. The molecule has 1 N–H and O–H groups in total. The lowest BCUT2D eigenvalue weighted by Gasteiger charge is -2.21. The van der Waals surface area contributed by atoms with E-state index in [1.54, 1.807) is 69.9 Å². The number of halogens is 1. The fourth-order valence-corrected chi connectivity index (χ4v) is 5.35. The van der Waals surface area contributed by atoms with Gasteiger partial charge in [-0.1, -0.05) is 48.0 Å². The average Bonchev–Trinajstić information content (AvgIpc) is 3.52. The third-order valence-corrected chi connectivity index (χ3v) is 7.57. The van der Waals surface area contributed by atoms with Crippen molar-refractivity contribution in [3.63, 3.8) is 0 Å². The van der Waals surface area contributed by atoms with E-state index in [1.807, 2.05) is 42.5 Å². The molecule has 12 heteroatoms. The van der Waals surface area contributed by atoms with Crippen molar-refractivity contribution in [2.45, 2.75) is 32.9 Å². The Balaban J connectivity index is 1.41. The van der Waals surface area contributed by atoms with Crippen molar-refractivity contribution in [1.82, 2.24) is 28.2 Å². The fraction of sp³-hybridized carbons (Fsp3) is 0.219. The van der Waals surface area contributed by atoms with Gasteiger partial charge in [0.05, 0.1) is 17.8 Å². The zero-order valence-electron chi connectivity index (χ0n) is 24.8. The minimum Gasteiger partial charge on any atom is -0.443 e. The number of hydrogen-bond acceptors (Lipinski definition) is 7. The van der Waals surface area contributed by atoms with Gasteiger partial charge in [0.15, 0.2) is 11.2 Å². The molecule has 0 saturated carbocycles. The first-order valence-corrected chi connectivity index (χ1v) is 14.3. The summed E-state index contributed by atoms with van der Waals surface area (Å²) in [5, 5.41) is 4.17. The van der Waals surface area contributed by atoms with Crippen LogP contribution in [-0.4, -0.2) is 39.9 Å². The molecule has 0 aliphatic rings. The Morgan fingerprint density at radius 2 is 1.70 bits per heavy atom. The fourth-order valence-electron chi connectivity index (χ4n) is 5.13. The molecule has 0 fully saturated rings. The molecule has 2 aromatic carbocycles. The molecule has 0 saturated heterocycles. The van der Waals surface area contributed by atoms with Gasteiger partial charge in [-0.15, -0.1) is 0 Å². The average molecular weight is 612 g/mol. The summed E-state index contributed by atoms with van der Waals surface area (Å²) in [7, 11) is 3.23. The van der Waals surface area contributed by atoms with Gasteiger partial charge in [-0.3, -0.25) is 13.9 Å². The predicted molar refractivity (Wildman–Crippen MR) is 171 cm³/mol. The monoisotopic (exact) mass is 611 g/mol. The molecule has 0 radical (unpaired) electrons. The Hall–Kier alpha value is -5.16. The number of ether oxygens (including phenoxy) is 1. The molecule has 44 heavy (non-hydrogen) atoms. The molecule has 4 heterocycles. The molecule has 0 aliphatic carbocycles. The van der Waals surface area contributed by atoms with E-state index in [4.69, 9.17) is 16.3 Å². The van der Waals surface area contributed by atoms with E-state index >= 15 is 0 Å². The first kappa shape index (κ1) is 28.9. The van der Waals surface area contributed by atoms with Crippen molar-refractivity contribution in [2.24, 2.45) is 14.1 Å². The van der Waals surface area contributed by atoms with E-state index in [1.165, 1.54) is 9.13 Å². The summed E-state index contributed by atoms with van der Waals surface area (Å²) in [4.78, 5) is 49.8. The number of hydrogen-bond donors (Lipinski definition) is 1. The summed E-state index contributed by atoms with van der Waals surface area (Å²) in [6.07, 6.45) is 1.10. The third-order valence-electron chi connectivity index (χ3n) is 7.24. The summed E-state index contributed by atoms with van der Waals surface area (Å²) in [5.41, 5.74) is 1.34. The number of pyridine rings is 1. The minimum atomic E-state index is -0.774. The van der Waals surface area contributed by atoms with Crippen LogP contribution in [0.2, 0.25) is 5.02 Å². The Kier molecular flexibility index (Phi) is 7.13. The molecule has 0 spiro atoms. The number of anilines is 2. The van der Waals surface area contributed by atoms with Crippen molar-refractivity contribution >= 4 is 51.5 Å². The van der Waals surface area contributed by atoms with E-state index in [2.05, 4.69) is 15.3 Å². The molecule has 224 valence electrons. The van der Waals surface area contributed by atoms with Crippen molar-refractivity contribution in [2.75, 3.05) is 5.32 Å². The van der Waals surface area contributed by atoms with Crippen molar-refractivity contribution in [3.8, 4) is 11.1 Å². The first-order valence-electron chi connectivity index (χ1n) is 13.9. The molecule has 0 amide bonds. The molecule has 4 aromatic heterocycles. The van der Waals surface area contributed by atoms with Gasteiger partial charge in [-0.2, -0.15) is 4.98 Å². The highest BCUT2D eigenvalue weighted by Crippen LogP contribution is 2.29. The normalized spacial score (nSPS) is 11.8. The maximum absolute atomic E-state index is 13.9. The van der Waals surface area contributed by atoms with Crippen LogP contribution in [0.25, 0.3) is 33.2 Å². The number of benzene rings is 2. The van der Waals surface area contributed by atoms with Crippen molar-refractivity contribution < 1.29 is 9.53 Å². The SMILES string of the molecule is Cn1c(Nc2ccc(-c3ccccc3)cn2)nc2c1c(=O)n(Cc1cc3c(Cl)cccc3n1C(=O)OC(C)(C)C)c(=O)n2C. The number of rotatable bonds is 5. The smallest absolute Gasteiger partial charge is 0.419 e. The molecule has 6 aromatic rings. The Bertz CT molecular complexity index is 2170. The number of fused-ring (bicyclic) bond motifs is 2. The van der Waals surface area contributed by atoms with Gasteiger partial charge in [0.1, 0.15) is 11.4 Å². The van der Waals surface area contributed by atoms with Crippen LogP contribution in [0.1, 0.15) is 26.5 Å². The maximum Gasteiger partial charge on any atom is 0.419 e. The van der Waals surface area contributed by atoms with E-state index in [0.29, 0.717) is 33.4 Å². The minimum absolute atomic E-state index is 0.202. The topological polar surface area (TPSA) is 118 Å². The van der Waals surface area contributed by atoms with Crippen LogP contribution in [0.4, 0.5) is 16.6 Å². The number of carbonyl (C=O) groups excluding carboxylic acids is 1. The highest BCUT2D eigenvalue weighted by atomic mass is 35.5. The summed E-state index contributed by atoms with van der Waals surface area (Å²) in [5.74, 6) is 0.853. The molecule has 0 aliphatic heterocycles. The van der Waals surface area contributed by atoms with Crippen LogP contribution in [0.5, 0.6) is 0 Å². The summed E-state index contributed by atoms with van der Waals surface area (Å²) in [6, 6.07) is 20.5. The zero-order chi connectivity index (χ0) is 31.3. The number of carbonyl (C=O) groups is 1. The molecule has 11 nitrogen and oxygen atoms in total. The summed E-state index contributed by atoms with van der Waals surface area (Å²) >= 11 is 6.46. The molecule has 0 atom stereocenters. The maximum atomic E-state index is 13.9. The highest BCUT2D eigenvalue weighted by molar-refractivity contribution is 6.35. The number of imidazole rings is 1. The van der Waals surface area contributed by atoms with Crippen LogP contribution >= 0.6 is 11.6 Å². The highest BCUT2D eigenvalue weighted by Gasteiger charge is 2.25. The van der Waals surface area contributed by atoms with E-state index < -0.39 is 22.9 Å². The van der Waals surface area contributed by atoms with Gasteiger partial charge < -0.3 is 14.6 Å². The van der Waals surface area contributed by atoms with Gasteiger partial charge in [0.2, 0.25) is 5.95 Å². The lowest BCUT2D eigenvalue weighted by atomic mass is 10.1. The molecule has 0 bridgehead atoms. The first-order chi connectivity index (χ1) is 20.9. The summed E-state index contributed by atoms with van der Waals surface area (Å²) in [6.45, 7) is 5.08. The van der Waals surface area contributed by atoms with Gasteiger partial charge in [0, 0.05) is 36.3 Å². The van der Waals surface area contributed by atoms with Crippen LogP contribution < -0.4 is 16.6 Å². The number of nitrogens with zero attached hydrogens (tertiary/aromatic N) is 6. The molecular formula is C32H30ClN7O4. The number of nitrogens with one attached hydrogen (secondary N) is 1. The summed E-state index contributed by atoms with van der Waals surface area (Å²) < 4.78 is 11.0. The quantitative estimate of drug-likeness (QED) is 0.266. The zero-order valence-corrected chi connectivity index (χ0v) is 25.6. The Labute approximate surface area is 256 Å².